The summed E-state index contributed by atoms with van der Waals surface area (Å²) in [6, 6.07) is 0. The van der Waals surface area contributed by atoms with E-state index in [1.807, 2.05) is 0 Å². The van der Waals surface area contributed by atoms with Gasteiger partial charge in [0.2, 0.25) is 0 Å². The molecule has 1 aliphatic rings. The maximum Gasteiger partial charge on any atom is 0.320 e. The van der Waals surface area contributed by atoms with Crippen LogP contribution in [0.25, 0.3) is 0 Å². The average molecular weight is 231 g/mol. The fraction of sp³-hybridized carbons (Fsp3) is 0.800. The van der Waals surface area contributed by atoms with Crippen LogP contribution in [0.1, 0.15) is 6.42 Å². The van der Waals surface area contributed by atoms with Crippen molar-refractivity contribution < 1.29 is 23.8 Å². The third kappa shape index (κ3) is 3.46. The molecule has 1 saturated heterocycles. The van der Waals surface area contributed by atoms with E-state index in [-0.39, 0.29) is 12.5 Å². The standard InChI is InChI=1S/C10H17NO5/c1-14-9(12)8(10(13)15-2)5-7-6-11-3-4-16-7/h7-8,11H,3-6H2,1-2H3/t7-/m0/s1. The average Bonchev–Trinajstić information content (AvgIpc) is 2.35. The van der Waals surface area contributed by atoms with Crippen molar-refractivity contribution in [3.63, 3.8) is 0 Å². The highest BCUT2D eigenvalue weighted by Gasteiger charge is 2.32. The van der Waals surface area contributed by atoms with E-state index in [2.05, 4.69) is 14.8 Å². The third-order valence-corrected chi connectivity index (χ3v) is 2.47. The van der Waals surface area contributed by atoms with Crippen molar-refractivity contribution in [2.45, 2.75) is 12.5 Å². The molecule has 0 spiro atoms. The number of morpholine rings is 1. The molecule has 1 atom stereocenters. The van der Waals surface area contributed by atoms with Gasteiger partial charge in [0.05, 0.1) is 26.9 Å². The van der Waals surface area contributed by atoms with Gasteiger partial charge in [0.15, 0.2) is 5.92 Å². The molecule has 0 aromatic rings. The van der Waals surface area contributed by atoms with Gasteiger partial charge in [-0.25, -0.2) is 0 Å². The zero-order valence-corrected chi connectivity index (χ0v) is 9.52. The molecule has 0 aromatic carbocycles. The first-order chi connectivity index (χ1) is 7.69. The fourth-order valence-electron chi connectivity index (χ4n) is 1.61. The minimum Gasteiger partial charge on any atom is -0.468 e. The van der Waals surface area contributed by atoms with Crippen LogP contribution >= 0.6 is 0 Å². The molecule has 6 heteroatoms. The SMILES string of the molecule is COC(=O)C(C[C@H]1CNCCO1)C(=O)OC. The van der Waals surface area contributed by atoms with E-state index in [4.69, 9.17) is 4.74 Å². The lowest BCUT2D eigenvalue weighted by molar-refractivity contribution is -0.161. The minimum atomic E-state index is -0.903. The molecule has 6 nitrogen and oxygen atoms in total. The van der Waals surface area contributed by atoms with Crippen LogP contribution in [0.2, 0.25) is 0 Å². The van der Waals surface area contributed by atoms with Crippen LogP contribution in [-0.2, 0) is 23.8 Å². The Morgan fingerprint density at radius 3 is 2.44 bits per heavy atom. The largest absolute Gasteiger partial charge is 0.468 e. The molecule has 0 aliphatic carbocycles. The predicted molar refractivity (Wildman–Crippen MR) is 54.7 cm³/mol. The van der Waals surface area contributed by atoms with Crippen LogP contribution in [0.3, 0.4) is 0 Å². The molecule has 1 N–H and O–H groups in total. The van der Waals surface area contributed by atoms with Gasteiger partial charge in [-0.1, -0.05) is 0 Å². The molecular formula is C10H17NO5. The zero-order chi connectivity index (χ0) is 12.0. The lowest BCUT2D eigenvalue weighted by Gasteiger charge is -2.25. The second kappa shape index (κ2) is 6.44. The Kier molecular flexibility index (Phi) is 5.21. The Balaban J connectivity index is 2.54. The fourth-order valence-corrected chi connectivity index (χ4v) is 1.61. The number of methoxy groups -OCH3 is 2. The predicted octanol–water partition coefficient (Wildman–Crippen LogP) is -0.673. The summed E-state index contributed by atoms with van der Waals surface area (Å²) in [6.07, 6.45) is 0.128. The summed E-state index contributed by atoms with van der Waals surface area (Å²) >= 11 is 0. The van der Waals surface area contributed by atoms with Gasteiger partial charge in [0.1, 0.15) is 0 Å². The zero-order valence-electron chi connectivity index (χ0n) is 9.52. The lowest BCUT2D eigenvalue weighted by Crippen LogP contribution is -2.42. The van der Waals surface area contributed by atoms with Crippen molar-refractivity contribution in [2.24, 2.45) is 5.92 Å². The molecule has 0 amide bonds. The van der Waals surface area contributed by atoms with E-state index < -0.39 is 17.9 Å². The van der Waals surface area contributed by atoms with Gasteiger partial charge in [-0.15, -0.1) is 0 Å². The Hall–Kier alpha value is -1.14. The topological polar surface area (TPSA) is 73.9 Å². The molecule has 1 aliphatic heterocycles. The first-order valence-corrected chi connectivity index (χ1v) is 5.17. The van der Waals surface area contributed by atoms with Crippen molar-refractivity contribution in [3.05, 3.63) is 0 Å². The van der Waals surface area contributed by atoms with Gasteiger partial charge in [-0.3, -0.25) is 9.59 Å². The summed E-state index contributed by atoms with van der Waals surface area (Å²) in [4.78, 5) is 22.8. The Labute approximate surface area is 94.2 Å². The number of ether oxygens (including phenoxy) is 3. The lowest BCUT2D eigenvalue weighted by atomic mass is 10.0. The summed E-state index contributed by atoms with van der Waals surface area (Å²) in [5, 5.41) is 3.12. The number of rotatable bonds is 4. The number of carbonyl (C=O) groups is 2. The summed E-state index contributed by atoms with van der Waals surface area (Å²) in [6.45, 7) is 2.00. The van der Waals surface area contributed by atoms with Gasteiger partial charge in [-0.2, -0.15) is 0 Å². The van der Waals surface area contributed by atoms with E-state index in [9.17, 15) is 9.59 Å². The molecule has 1 heterocycles. The molecular weight excluding hydrogens is 214 g/mol. The monoisotopic (exact) mass is 231 g/mol. The van der Waals surface area contributed by atoms with Crippen LogP contribution < -0.4 is 5.32 Å². The van der Waals surface area contributed by atoms with Crippen LogP contribution in [0.5, 0.6) is 0 Å². The number of hydrogen-bond acceptors (Lipinski definition) is 6. The van der Waals surface area contributed by atoms with E-state index in [1.54, 1.807) is 0 Å². The first-order valence-electron chi connectivity index (χ1n) is 5.17. The molecule has 0 saturated carbocycles. The molecule has 0 unspecified atom stereocenters. The second-order valence-electron chi connectivity index (χ2n) is 3.53. The van der Waals surface area contributed by atoms with Crippen molar-refractivity contribution in [3.8, 4) is 0 Å². The number of hydrogen-bond donors (Lipinski definition) is 1. The quantitative estimate of drug-likeness (QED) is 0.511. The normalized spacial score (nSPS) is 20.6. The van der Waals surface area contributed by atoms with Crippen molar-refractivity contribution in [1.29, 1.82) is 0 Å². The van der Waals surface area contributed by atoms with Crippen LogP contribution in [0.4, 0.5) is 0 Å². The molecule has 0 radical (unpaired) electrons. The summed E-state index contributed by atoms with van der Waals surface area (Å²) < 4.78 is 14.5. The van der Waals surface area contributed by atoms with Crippen molar-refractivity contribution in [1.82, 2.24) is 5.32 Å². The van der Waals surface area contributed by atoms with E-state index in [0.29, 0.717) is 13.2 Å². The second-order valence-corrected chi connectivity index (χ2v) is 3.53. The molecule has 0 aromatic heterocycles. The first kappa shape index (κ1) is 12.9. The minimum absolute atomic E-state index is 0.156. The van der Waals surface area contributed by atoms with Crippen molar-refractivity contribution in [2.75, 3.05) is 33.9 Å². The molecule has 0 bridgehead atoms. The number of esters is 2. The van der Waals surface area contributed by atoms with E-state index >= 15 is 0 Å². The summed E-state index contributed by atoms with van der Waals surface area (Å²) in [7, 11) is 2.50. The molecule has 1 rings (SSSR count). The maximum atomic E-state index is 11.4. The third-order valence-electron chi connectivity index (χ3n) is 2.47. The highest BCUT2D eigenvalue weighted by atomic mass is 16.5. The highest BCUT2D eigenvalue weighted by molar-refractivity contribution is 5.94. The van der Waals surface area contributed by atoms with Gasteiger partial charge in [0.25, 0.3) is 0 Å². The van der Waals surface area contributed by atoms with Gasteiger partial charge in [0, 0.05) is 13.1 Å². The number of nitrogens with one attached hydrogen (secondary N) is 1. The Morgan fingerprint density at radius 1 is 1.38 bits per heavy atom. The van der Waals surface area contributed by atoms with Crippen molar-refractivity contribution >= 4 is 11.9 Å². The van der Waals surface area contributed by atoms with Crippen LogP contribution in [0, 0.1) is 5.92 Å². The molecule has 92 valence electrons. The molecule has 1 fully saturated rings. The highest BCUT2D eigenvalue weighted by Crippen LogP contribution is 2.14. The summed E-state index contributed by atoms with van der Waals surface area (Å²) in [5.41, 5.74) is 0. The Morgan fingerprint density at radius 2 is 2.00 bits per heavy atom. The number of carbonyl (C=O) groups excluding carboxylic acids is 2. The van der Waals surface area contributed by atoms with Crippen LogP contribution in [0.15, 0.2) is 0 Å². The van der Waals surface area contributed by atoms with Gasteiger partial charge >= 0.3 is 11.9 Å². The maximum absolute atomic E-state index is 11.4. The van der Waals surface area contributed by atoms with E-state index in [0.717, 1.165) is 6.54 Å². The smallest absolute Gasteiger partial charge is 0.320 e. The van der Waals surface area contributed by atoms with Gasteiger partial charge in [-0.05, 0) is 6.42 Å². The van der Waals surface area contributed by atoms with Gasteiger partial charge < -0.3 is 19.5 Å². The summed E-state index contributed by atoms with van der Waals surface area (Å²) in [5.74, 6) is -2.07. The van der Waals surface area contributed by atoms with Crippen LogP contribution in [-0.4, -0.2) is 52.0 Å². The van der Waals surface area contributed by atoms with E-state index in [1.165, 1.54) is 14.2 Å². The molecule has 16 heavy (non-hydrogen) atoms. The Bertz CT molecular complexity index is 234.